The topological polar surface area (TPSA) is 61.4 Å². The van der Waals surface area contributed by atoms with Crippen molar-refractivity contribution < 1.29 is 9.90 Å². The van der Waals surface area contributed by atoms with Crippen LogP contribution in [0.4, 0.5) is 17.1 Å². The maximum Gasteiger partial charge on any atom is 0.255 e. The monoisotopic (exact) mass is 386 g/mol. The van der Waals surface area contributed by atoms with Gasteiger partial charge in [-0.15, -0.1) is 0 Å². The third-order valence-electron chi connectivity index (χ3n) is 3.79. The van der Waals surface area contributed by atoms with Gasteiger partial charge in [0.05, 0.1) is 5.69 Å². The molecule has 132 valence electrons. The molecule has 0 unspecified atom stereocenters. The minimum Gasteiger partial charge on any atom is -0.506 e. The third-order valence-corrected chi connectivity index (χ3v) is 4.23. The zero-order chi connectivity index (χ0) is 18.7. The number of anilines is 3. The van der Waals surface area contributed by atoms with Crippen LogP contribution in [0.3, 0.4) is 0 Å². The molecule has 0 saturated heterocycles. The van der Waals surface area contributed by atoms with E-state index >= 15 is 0 Å². The van der Waals surface area contributed by atoms with E-state index in [0.29, 0.717) is 27.0 Å². The lowest BCUT2D eigenvalue weighted by molar-refractivity contribution is 0.102. The Morgan fingerprint density at radius 2 is 1.62 bits per heavy atom. The zero-order valence-electron chi connectivity index (χ0n) is 13.9. The van der Waals surface area contributed by atoms with E-state index in [0.717, 1.165) is 11.3 Å². The molecule has 3 aromatic carbocycles. The van der Waals surface area contributed by atoms with Gasteiger partial charge < -0.3 is 15.7 Å². The van der Waals surface area contributed by atoms with Crippen LogP contribution >= 0.6 is 23.2 Å². The minimum atomic E-state index is -0.272. The number of nitrogens with one attached hydrogen (secondary N) is 2. The first-order valence-electron chi connectivity index (χ1n) is 7.85. The van der Waals surface area contributed by atoms with Crippen LogP contribution in [0.15, 0.2) is 60.7 Å². The van der Waals surface area contributed by atoms with Crippen molar-refractivity contribution in [1.82, 2.24) is 0 Å². The Morgan fingerprint density at radius 3 is 2.31 bits per heavy atom. The average molecular weight is 387 g/mol. The molecule has 0 aliphatic carbocycles. The van der Waals surface area contributed by atoms with Crippen LogP contribution < -0.4 is 10.6 Å². The number of para-hydroxylation sites is 1. The van der Waals surface area contributed by atoms with Crippen LogP contribution in [0.1, 0.15) is 15.9 Å². The number of benzene rings is 3. The zero-order valence-corrected chi connectivity index (χ0v) is 15.4. The van der Waals surface area contributed by atoms with Crippen LogP contribution in [-0.4, -0.2) is 11.0 Å². The number of carbonyl (C=O) groups is 1. The van der Waals surface area contributed by atoms with Crippen molar-refractivity contribution in [2.45, 2.75) is 6.92 Å². The van der Waals surface area contributed by atoms with E-state index in [2.05, 4.69) is 10.6 Å². The summed E-state index contributed by atoms with van der Waals surface area (Å²) in [6.07, 6.45) is 0. The molecule has 1 amide bonds. The molecule has 0 atom stereocenters. The second-order valence-electron chi connectivity index (χ2n) is 5.78. The summed E-state index contributed by atoms with van der Waals surface area (Å²) < 4.78 is 0. The molecule has 0 aromatic heterocycles. The largest absolute Gasteiger partial charge is 0.506 e. The molecule has 0 heterocycles. The quantitative estimate of drug-likeness (QED) is 0.481. The van der Waals surface area contributed by atoms with Crippen molar-refractivity contribution >= 4 is 46.2 Å². The Hall–Kier alpha value is -2.69. The maximum absolute atomic E-state index is 12.5. The van der Waals surface area contributed by atoms with E-state index < -0.39 is 0 Å². The van der Waals surface area contributed by atoms with Crippen molar-refractivity contribution in [3.8, 4) is 5.75 Å². The molecule has 0 fully saturated rings. The van der Waals surface area contributed by atoms with Crippen molar-refractivity contribution in [3.05, 3.63) is 81.8 Å². The number of rotatable bonds is 4. The number of phenolic OH excluding ortho intramolecular Hbond substituents is 1. The summed E-state index contributed by atoms with van der Waals surface area (Å²) in [4.78, 5) is 12.5. The summed E-state index contributed by atoms with van der Waals surface area (Å²) in [7, 11) is 0. The summed E-state index contributed by atoms with van der Waals surface area (Å²) in [5.74, 6) is -0.264. The van der Waals surface area contributed by atoms with Crippen molar-refractivity contribution in [1.29, 1.82) is 0 Å². The smallest absolute Gasteiger partial charge is 0.255 e. The highest BCUT2D eigenvalue weighted by molar-refractivity contribution is 6.35. The van der Waals surface area contributed by atoms with Crippen molar-refractivity contribution in [3.63, 3.8) is 0 Å². The lowest BCUT2D eigenvalue weighted by atomic mass is 10.1. The first kappa shape index (κ1) is 18.1. The lowest BCUT2D eigenvalue weighted by Gasteiger charge is -2.12. The molecular formula is C20H16Cl2N2O2. The van der Waals surface area contributed by atoms with Crippen LogP contribution in [-0.2, 0) is 0 Å². The SMILES string of the molecule is Cc1ccccc1NC(=O)c1ccc(O)c(Nc2cc(Cl)cc(Cl)c2)c1. The predicted molar refractivity (Wildman–Crippen MR) is 107 cm³/mol. The fourth-order valence-electron chi connectivity index (χ4n) is 2.47. The fraction of sp³-hybridized carbons (Fsp3) is 0.0500. The number of carbonyl (C=O) groups excluding carboxylic acids is 1. The molecule has 3 N–H and O–H groups in total. The van der Waals surface area contributed by atoms with Gasteiger partial charge >= 0.3 is 0 Å². The van der Waals surface area contributed by atoms with Crippen molar-refractivity contribution in [2.24, 2.45) is 0 Å². The predicted octanol–water partition coefficient (Wildman–Crippen LogP) is 6.00. The van der Waals surface area contributed by atoms with Crippen LogP contribution in [0, 0.1) is 6.92 Å². The van der Waals surface area contributed by atoms with Gasteiger partial charge in [0, 0.05) is 27.0 Å². The molecule has 0 spiro atoms. The molecule has 0 aliphatic heterocycles. The third kappa shape index (κ3) is 4.28. The molecule has 0 aliphatic rings. The number of hydrogen-bond acceptors (Lipinski definition) is 3. The van der Waals surface area contributed by atoms with Crippen LogP contribution in [0.2, 0.25) is 10.0 Å². The van der Waals surface area contributed by atoms with Gasteiger partial charge in [0.15, 0.2) is 0 Å². The highest BCUT2D eigenvalue weighted by Gasteiger charge is 2.11. The van der Waals surface area contributed by atoms with Crippen LogP contribution in [0.5, 0.6) is 5.75 Å². The molecule has 0 bridgehead atoms. The van der Waals surface area contributed by atoms with E-state index in [1.54, 1.807) is 30.3 Å². The molecule has 0 saturated carbocycles. The van der Waals surface area contributed by atoms with Gasteiger partial charge in [-0.1, -0.05) is 41.4 Å². The van der Waals surface area contributed by atoms with Gasteiger partial charge in [-0.05, 0) is 55.0 Å². The van der Waals surface area contributed by atoms with Gasteiger partial charge in [-0.3, -0.25) is 4.79 Å². The molecule has 3 aromatic rings. The van der Waals surface area contributed by atoms with Gasteiger partial charge in [0.1, 0.15) is 5.75 Å². The highest BCUT2D eigenvalue weighted by Crippen LogP contribution is 2.31. The second-order valence-corrected chi connectivity index (χ2v) is 6.66. The van der Waals surface area contributed by atoms with Gasteiger partial charge in [-0.2, -0.15) is 0 Å². The van der Waals surface area contributed by atoms with E-state index in [4.69, 9.17) is 23.2 Å². The summed E-state index contributed by atoms with van der Waals surface area (Å²) in [5, 5.41) is 16.9. The number of phenols is 1. The summed E-state index contributed by atoms with van der Waals surface area (Å²) >= 11 is 12.0. The summed E-state index contributed by atoms with van der Waals surface area (Å²) in [6, 6.07) is 17.1. The Balaban J connectivity index is 1.85. The van der Waals surface area contributed by atoms with E-state index in [1.165, 1.54) is 6.07 Å². The summed E-state index contributed by atoms with van der Waals surface area (Å²) in [6.45, 7) is 1.92. The molecular weight excluding hydrogens is 371 g/mol. The second kappa shape index (κ2) is 7.68. The Bertz CT molecular complexity index is 954. The maximum atomic E-state index is 12.5. The molecule has 0 radical (unpaired) electrons. The Kier molecular flexibility index (Phi) is 5.35. The average Bonchev–Trinajstić information content (AvgIpc) is 2.58. The van der Waals surface area contributed by atoms with Crippen LogP contribution in [0.25, 0.3) is 0 Å². The van der Waals surface area contributed by atoms with Gasteiger partial charge in [0.2, 0.25) is 0 Å². The van der Waals surface area contributed by atoms with Gasteiger partial charge in [0.25, 0.3) is 5.91 Å². The first-order chi connectivity index (χ1) is 12.4. The minimum absolute atomic E-state index is 0.00791. The number of amides is 1. The molecule has 6 heteroatoms. The van der Waals surface area contributed by atoms with E-state index in [1.807, 2.05) is 31.2 Å². The molecule has 26 heavy (non-hydrogen) atoms. The number of aromatic hydroxyl groups is 1. The highest BCUT2D eigenvalue weighted by atomic mass is 35.5. The fourth-order valence-corrected chi connectivity index (χ4v) is 2.99. The summed E-state index contributed by atoms with van der Waals surface area (Å²) in [5.41, 5.74) is 3.09. The molecule has 4 nitrogen and oxygen atoms in total. The lowest BCUT2D eigenvalue weighted by Crippen LogP contribution is -2.12. The van der Waals surface area contributed by atoms with Gasteiger partial charge in [-0.25, -0.2) is 0 Å². The number of aryl methyl sites for hydroxylation is 1. The Morgan fingerprint density at radius 1 is 0.923 bits per heavy atom. The normalized spacial score (nSPS) is 10.4. The Labute approximate surface area is 161 Å². The number of hydrogen-bond donors (Lipinski definition) is 3. The number of halogens is 2. The molecule has 3 rings (SSSR count). The first-order valence-corrected chi connectivity index (χ1v) is 8.61. The standard InChI is InChI=1S/C20H16Cl2N2O2/c1-12-4-2-3-5-17(12)24-20(26)13-6-7-19(25)18(8-13)23-16-10-14(21)9-15(22)11-16/h2-11,23,25H,1H3,(H,24,26). The van der Waals surface area contributed by atoms with E-state index in [-0.39, 0.29) is 11.7 Å². The van der Waals surface area contributed by atoms with E-state index in [9.17, 15) is 9.90 Å². The van der Waals surface area contributed by atoms with Crippen molar-refractivity contribution in [2.75, 3.05) is 10.6 Å².